The lowest BCUT2D eigenvalue weighted by Crippen LogP contribution is -2.42. The van der Waals surface area contributed by atoms with E-state index in [9.17, 15) is 13.6 Å². The number of para-hydroxylation sites is 2. The van der Waals surface area contributed by atoms with Crippen LogP contribution in [0.4, 0.5) is 19.5 Å². The van der Waals surface area contributed by atoms with Gasteiger partial charge in [-0.1, -0.05) is 12.1 Å². The number of morpholine rings is 1. The van der Waals surface area contributed by atoms with Crippen LogP contribution in [0.1, 0.15) is 45.9 Å². The van der Waals surface area contributed by atoms with Crippen molar-refractivity contribution in [3.63, 3.8) is 0 Å². The predicted molar refractivity (Wildman–Crippen MR) is 141 cm³/mol. The van der Waals surface area contributed by atoms with Crippen LogP contribution in [-0.2, 0) is 9.47 Å². The molecule has 0 atom stereocenters. The summed E-state index contributed by atoms with van der Waals surface area (Å²) in [5.74, 6) is 0.783. The quantitative estimate of drug-likeness (QED) is 0.444. The van der Waals surface area contributed by atoms with Crippen LogP contribution < -0.4 is 9.64 Å². The number of carbonyl (C=O) groups excluding carboxylic acids is 1. The Morgan fingerprint density at radius 1 is 1.08 bits per heavy atom. The normalized spacial score (nSPS) is 17.2. The molecule has 0 spiro atoms. The largest absolute Gasteiger partial charge is 0.477 e. The molecular formula is C27H34F2N6O4. The first-order valence-electron chi connectivity index (χ1n) is 13.3. The Morgan fingerprint density at radius 2 is 1.79 bits per heavy atom. The Hall–Kier alpha value is -3.54. The number of imidazole rings is 1. The summed E-state index contributed by atoms with van der Waals surface area (Å²) >= 11 is 0. The number of anilines is 1. The third kappa shape index (κ3) is 6.38. The second-order valence-electron chi connectivity index (χ2n) is 10.8. The summed E-state index contributed by atoms with van der Waals surface area (Å²) in [6, 6.07) is 8.56. The number of rotatable bonds is 6. The molecule has 2 aromatic heterocycles. The highest BCUT2D eigenvalue weighted by Gasteiger charge is 2.28. The van der Waals surface area contributed by atoms with E-state index in [-0.39, 0.29) is 23.7 Å². The number of nitrogens with zero attached hydrogens (tertiary/aromatic N) is 6. The minimum atomic E-state index is -2.79. The van der Waals surface area contributed by atoms with E-state index in [0.717, 1.165) is 12.8 Å². The highest BCUT2D eigenvalue weighted by Crippen LogP contribution is 2.30. The Bertz CT molecular complexity index is 1300. The summed E-state index contributed by atoms with van der Waals surface area (Å²) in [6.45, 7) is 9.30. The van der Waals surface area contributed by atoms with Crippen LogP contribution in [0.2, 0.25) is 0 Å². The SMILES string of the molecule is CC(C)(C)OC(=O)N1CCC(COc2cc(-n3c(C(F)F)nc4ccccc43)nc(N3CCOCC3)n2)CC1. The Balaban J connectivity index is 1.37. The molecule has 0 unspecified atom stereocenters. The monoisotopic (exact) mass is 544 g/mol. The molecule has 0 N–H and O–H groups in total. The lowest BCUT2D eigenvalue weighted by Gasteiger charge is -2.33. The minimum absolute atomic E-state index is 0.208. The van der Waals surface area contributed by atoms with Crippen molar-refractivity contribution in [3.05, 3.63) is 36.2 Å². The van der Waals surface area contributed by atoms with Gasteiger partial charge < -0.3 is 24.0 Å². The zero-order valence-corrected chi connectivity index (χ0v) is 22.5. The number of halogens is 2. The topological polar surface area (TPSA) is 94.8 Å². The summed E-state index contributed by atoms with van der Waals surface area (Å²) in [5.41, 5.74) is 0.448. The molecule has 3 aromatic rings. The van der Waals surface area contributed by atoms with Crippen LogP contribution in [0.5, 0.6) is 5.88 Å². The number of amides is 1. The predicted octanol–water partition coefficient (Wildman–Crippen LogP) is 4.62. The summed E-state index contributed by atoms with van der Waals surface area (Å²) < 4.78 is 46.6. The van der Waals surface area contributed by atoms with E-state index in [4.69, 9.17) is 14.2 Å². The minimum Gasteiger partial charge on any atom is -0.477 e. The number of benzene rings is 1. The number of hydrogen-bond donors (Lipinski definition) is 0. The molecule has 5 rings (SSSR count). The van der Waals surface area contributed by atoms with Gasteiger partial charge in [0.05, 0.1) is 30.9 Å². The van der Waals surface area contributed by atoms with Gasteiger partial charge in [-0.3, -0.25) is 4.57 Å². The highest BCUT2D eigenvalue weighted by molar-refractivity contribution is 5.78. The van der Waals surface area contributed by atoms with E-state index in [0.29, 0.717) is 68.9 Å². The van der Waals surface area contributed by atoms with E-state index in [2.05, 4.69) is 15.0 Å². The molecule has 0 aliphatic carbocycles. The molecule has 10 nitrogen and oxygen atoms in total. The number of carbonyl (C=O) groups is 1. The van der Waals surface area contributed by atoms with Gasteiger partial charge in [-0.2, -0.15) is 9.97 Å². The molecule has 0 bridgehead atoms. The first kappa shape index (κ1) is 27.0. The molecule has 12 heteroatoms. The van der Waals surface area contributed by atoms with Crippen LogP contribution in [0, 0.1) is 5.92 Å². The maximum Gasteiger partial charge on any atom is 0.410 e. The fraction of sp³-hybridized carbons (Fsp3) is 0.556. The maximum atomic E-state index is 14.1. The second-order valence-corrected chi connectivity index (χ2v) is 10.8. The molecule has 0 saturated carbocycles. The number of fused-ring (bicyclic) bond motifs is 1. The highest BCUT2D eigenvalue weighted by atomic mass is 19.3. The second kappa shape index (κ2) is 11.3. The molecule has 4 heterocycles. The van der Waals surface area contributed by atoms with Crippen LogP contribution >= 0.6 is 0 Å². The van der Waals surface area contributed by atoms with Gasteiger partial charge in [0.15, 0.2) is 5.82 Å². The molecule has 1 amide bonds. The molecular weight excluding hydrogens is 510 g/mol. The summed E-state index contributed by atoms with van der Waals surface area (Å²) in [7, 11) is 0. The number of alkyl halides is 2. The lowest BCUT2D eigenvalue weighted by molar-refractivity contribution is 0.0164. The Labute approximate surface area is 225 Å². The van der Waals surface area contributed by atoms with E-state index in [1.807, 2.05) is 25.7 Å². The standard InChI is InChI=1S/C27H34F2N6O4/c1-27(2,3)39-26(36)34-10-8-18(9-11-34)17-38-22-16-21(31-25(32-22)33-12-14-37-15-13-33)35-20-7-5-4-6-19(20)30-24(35)23(28)29/h4-7,16,18,23H,8-15,17H2,1-3H3. The molecule has 2 aliphatic heterocycles. The van der Waals surface area contributed by atoms with Gasteiger partial charge in [0.2, 0.25) is 11.8 Å². The van der Waals surface area contributed by atoms with Crippen LogP contribution in [-0.4, -0.2) is 82.1 Å². The van der Waals surface area contributed by atoms with Gasteiger partial charge in [-0.25, -0.2) is 18.6 Å². The zero-order chi connectivity index (χ0) is 27.6. The molecule has 210 valence electrons. The summed E-state index contributed by atoms with van der Waals surface area (Å²) in [4.78, 5) is 29.5. The molecule has 2 aliphatic rings. The van der Waals surface area contributed by atoms with Gasteiger partial charge in [-0.05, 0) is 51.7 Å². The van der Waals surface area contributed by atoms with E-state index in [1.165, 1.54) is 4.57 Å². The van der Waals surface area contributed by atoms with Gasteiger partial charge in [0.1, 0.15) is 11.4 Å². The summed E-state index contributed by atoms with van der Waals surface area (Å²) in [6.07, 6.45) is -1.58. The average Bonchev–Trinajstić information content (AvgIpc) is 3.32. The van der Waals surface area contributed by atoms with Gasteiger partial charge in [0.25, 0.3) is 6.43 Å². The molecule has 2 fully saturated rings. The van der Waals surface area contributed by atoms with Crippen molar-refractivity contribution >= 4 is 23.1 Å². The molecule has 1 aromatic carbocycles. The first-order chi connectivity index (χ1) is 18.7. The third-order valence-electron chi connectivity index (χ3n) is 6.72. The average molecular weight is 545 g/mol. The molecule has 0 radical (unpaired) electrons. The fourth-order valence-electron chi connectivity index (χ4n) is 4.74. The van der Waals surface area contributed by atoms with Crippen LogP contribution in [0.25, 0.3) is 16.9 Å². The van der Waals surface area contributed by atoms with Crippen molar-refractivity contribution in [2.45, 2.75) is 45.6 Å². The maximum absolute atomic E-state index is 14.1. The van der Waals surface area contributed by atoms with Crippen molar-refractivity contribution in [2.75, 3.05) is 50.9 Å². The fourth-order valence-corrected chi connectivity index (χ4v) is 4.74. The number of hydrogen-bond acceptors (Lipinski definition) is 8. The Morgan fingerprint density at radius 3 is 2.49 bits per heavy atom. The smallest absolute Gasteiger partial charge is 0.410 e. The third-order valence-corrected chi connectivity index (χ3v) is 6.72. The Kier molecular flexibility index (Phi) is 7.83. The number of piperidine rings is 1. The van der Waals surface area contributed by atoms with Crippen molar-refractivity contribution in [1.29, 1.82) is 0 Å². The van der Waals surface area contributed by atoms with Crippen molar-refractivity contribution < 1.29 is 27.8 Å². The number of likely N-dealkylation sites (tertiary alicyclic amines) is 1. The number of aromatic nitrogens is 4. The zero-order valence-electron chi connectivity index (χ0n) is 22.5. The van der Waals surface area contributed by atoms with Gasteiger partial charge >= 0.3 is 6.09 Å². The van der Waals surface area contributed by atoms with Crippen molar-refractivity contribution in [3.8, 4) is 11.7 Å². The van der Waals surface area contributed by atoms with Gasteiger partial charge in [0, 0.05) is 32.2 Å². The molecule has 39 heavy (non-hydrogen) atoms. The van der Waals surface area contributed by atoms with Gasteiger partial charge in [-0.15, -0.1) is 0 Å². The van der Waals surface area contributed by atoms with E-state index >= 15 is 0 Å². The molecule has 2 saturated heterocycles. The van der Waals surface area contributed by atoms with Crippen molar-refractivity contribution in [1.82, 2.24) is 24.4 Å². The summed E-state index contributed by atoms with van der Waals surface area (Å²) in [5, 5.41) is 0. The van der Waals surface area contributed by atoms with E-state index in [1.54, 1.807) is 35.2 Å². The van der Waals surface area contributed by atoms with Crippen LogP contribution in [0.3, 0.4) is 0 Å². The van der Waals surface area contributed by atoms with Crippen molar-refractivity contribution in [2.24, 2.45) is 5.92 Å². The van der Waals surface area contributed by atoms with E-state index < -0.39 is 12.0 Å². The first-order valence-corrected chi connectivity index (χ1v) is 13.3. The lowest BCUT2D eigenvalue weighted by atomic mass is 9.98. The number of ether oxygens (including phenoxy) is 3. The van der Waals surface area contributed by atoms with Crippen LogP contribution in [0.15, 0.2) is 30.3 Å².